The number of hydrogen-bond acceptors (Lipinski definition) is 5. The number of imidazole rings is 1. The van der Waals surface area contributed by atoms with Crippen molar-refractivity contribution < 1.29 is 8.78 Å². The van der Waals surface area contributed by atoms with Gasteiger partial charge in [-0.2, -0.15) is 0 Å². The van der Waals surface area contributed by atoms with Gasteiger partial charge in [0.2, 0.25) is 0 Å². The van der Waals surface area contributed by atoms with Crippen molar-refractivity contribution in [1.82, 2.24) is 19.7 Å². The molecular formula is C21H20F2N6. The normalized spacial score (nSPS) is 14.7. The van der Waals surface area contributed by atoms with Crippen molar-refractivity contribution in [2.75, 3.05) is 36.4 Å². The van der Waals surface area contributed by atoms with E-state index in [2.05, 4.69) is 25.5 Å². The molecule has 29 heavy (non-hydrogen) atoms. The lowest BCUT2D eigenvalue weighted by atomic mass is 10.1. The summed E-state index contributed by atoms with van der Waals surface area (Å²) in [6.45, 7) is 5.08. The van der Waals surface area contributed by atoms with E-state index in [1.807, 2.05) is 13.0 Å². The van der Waals surface area contributed by atoms with E-state index in [-0.39, 0.29) is 11.5 Å². The van der Waals surface area contributed by atoms with E-state index < -0.39 is 5.82 Å². The van der Waals surface area contributed by atoms with Crippen LogP contribution in [-0.4, -0.2) is 40.5 Å². The summed E-state index contributed by atoms with van der Waals surface area (Å²) in [5.74, 6) is -0.129. The molecule has 0 atom stereocenters. The van der Waals surface area contributed by atoms with Gasteiger partial charge in [0.05, 0.1) is 16.8 Å². The molecule has 1 aliphatic rings. The summed E-state index contributed by atoms with van der Waals surface area (Å²) in [6.07, 6.45) is 5.18. The number of nitrogens with zero attached hydrogens (tertiary/aromatic N) is 4. The van der Waals surface area contributed by atoms with Gasteiger partial charge in [0.1, 0.15) is 11.6 Å². The first-order chi connectivity index (χ1) is 14.1. The Balaban J connectivity index is 1.53. The maximum atomic E-state index is 15.1. The molecule has 5 rings (SSSR count). The smallest absolute Gasteiger partial charge is 0.173 e. The molecular weight excluding hydrogens is 374 g/mol. The predicted octanol–water partition coefficient (Wildman–Crippen LogP) is 3.62. The van der Waals surface area contributed by atoms with Crippen molar-refractivity contribution in [3.8, 4) is 0 Å². The van der Waals surface area contributed by atoms with Gasteiger partial charge in [-0.25, -0.2) is 18.7 Å². The number of aryl methyl sites for hydroxylation is 1. The molecule has 148 valence electrons. The molecule has 8 heteroatoms. The summed E-state index contributed by atoms with van der Waals surface area (Å²) in [6, 6.07) is 6.44. The van der Waals surface area contributed by atoms with Crippen molar-refractivity contribution in [3.63, 3.8) is 0 Å². The number of halogens is 2. The summed E-state index contributed by atoms with van der Waals surface area (Å²) >= 11 is 0. The van der Waals surface area contributed by atoms with Gasteiger partial charge in [-0.15, -0.1) is 0 Å². The van der Waals surface area contributed by atoms with Gasteiger partial charge in [0, 0.05) is 56.5 Å². The van der Waals surface area contributed by atoms with Gasteiger partial charge in [-0.1, -0.05) is 0 Å². The number of piperazine rings is 1. The van der Waals surface area contributed by atoms with Crippen LogP contribution < -0.4 is 15.5 Å². The third-order valence-corrected chi connectivity index (χ3v) is 5.13. The number of anilines is 3. The summed E-state index contributed by atoms with van der Waals surface area (Å²) in [5.41, 5.74) is 2.06. The van der Waals surface area contributed by atoms with Crippen molar-refractivity contribution in [1.29, 1.82) is 0 Å². The average Bonchev–Trinajstić information content (AvgIpc) is 3.09. The highest BCUT2D eigenvalue weighted by molar-refractivity contribution is 5.95. The van der Waals surface area contributed by atoms with Crippen molar-refractivity contribution in [3.05, 3.63) is 60.2 Å². The predicted molar refractivity (Wildman–Crippen MR) is 110 cm³/mol. The van der Waals surface area contributed by atoms with E-state index in [9.17, 15) is 4.39 Å². The largest absolute Gasteiger partial charge is 0.354 e. The molecule has 0 bridgehead atoms. The Morgan fingerprint density at radius 1 is 1.03 bits per heavy atom. The highest BCUT2D eigenvalue weighted by Gasteiger charge is 2.18. The van der Waals surface area contributed by atoms with E-state index >= 15 is 4.39 Å². The van der Waals surface area contributed by atoms with Crippen LogP contribution in [-0.2, 0) is 0 Å². The van der Waals surface area contributed by atoms with Crippen LogP contribution in [0, 0.1) is 18.6 Å². The minimum Gasteiger partial charge on any atom is -0.354 e. The molecule has 1 aliphatic heterocycles. The van der Waals surface area contributed by atoms with Crippen LogP contribution in [0.3, 0.4) is 0 Å². The van der Waals surface area contributed by atoms with Gasteiger partial charge in [0.15, 0.2) is 11.5 Å². The lowest BCUT2D eigenvalue weighted by Crippen LogP contribution is -2.44. The SMILES string of the molecule is Cc1cn2cc(Nc3cc(F)c4c(N5CCNCC5)nccc4c3)cc(F)c2n1. The first kappa shape index (κ1) is 17.8. The molecule has 3 aromatic heterocycles. The average molecular weight is 394 g/mol. The second kappa shape index (κ2) is 6.97. The van der Waals surface area contributed by atoms with Crippen molar-refractivity contribution >= 4 is 33.6 Å². The molecule has 0 aliphatic carbocycles. The molecule has 1 aromatic carbocycles. The Morgan fingerprint density at radius 3 is 2.66 bits per heavy atom. The van der Waals surface area contributed by atoms with Gasteiger partial charge in [-0.3, -0.25) is 0 Å². The van der Waals surface area contributed by atoms with Gasteiger partial charge < -0.3 is 19.9 Å². The molecule has 2 N–H and O–H groups in total. The summed E-state index contributed by atoms with van der Waals surface area (Å²) in [5, 5.41) is 7.65. The monoisotopic (exact) mass is 394 g/mol. The number of nitrogens with one attached hydrogen (secondary N) is 2. The zero-order chi connectivity index (χ0) is 20.0. The first-order valence-corrected chi connectivity index (χ1v) is 9.54. The first-order valence-electron chi connectivity index (χ1n) is 9.54. The summed E-state index contributed by atoms with van der Waals surface area (Å²) < 4.78 is 31.0. The lowest BCUT2D eigenvalue weighted by molar-refractivity contribution is 0.584. The van der Waals surface area contributed by atoms with E-state index in [0.717, 1.165) is 37.3 Å². The minimum absolute atomic E-state index is 0.268. The molecule has 1 fully saturated rings. The van der Waals surface area contributed by atoms with E-state index in [1.54, 1.807) is 29.1 Å². The zero-order valence-corrected chi connectivity index (χ0v) is 15.9. The van der Waals surface area contributed by atoms with Crippen LogP contribution in [0.25, 0.3) is 16.4 Å². The fourth-order valence-electron chi connectivity index (χ4n) is 3.85. The third-order valence-electron chi connectivity index (χ3n) is 5.13. The third kappa shape index (κ3) is 3.25. The molecule has 0 radical (unpaired) electrons. The molecule has 4 aromatic rings. The summed E-state index contributed by atoms with van der Waals surface area (Å²) in [7, 11) is 0. The Bertz CT molecular complexity index is 1210. The van der Waals surface area contributed by atoms with E-state index in [1.165, 1.54) is 12.1 Å². The number of fused-ring (bicyclic) bond motifs is 2. The van der Waals surface area contributed by atoms with E-state index in [4.69, 9.17) is 0 Å². The van der Waals surface area contributed by atoms with Crippen LogP contribution in [0.5, 0.6) is 0 Å². The maximum absolute atomic E-state index is 15.1. The van der Waals surface area contributed by atoms with Crippen LogP contribution in [0.4, 0.5) is 26.0 Å². The van der Waals surface area contributed by atoms with Crippen LogP contribution >= 0.6 is 0 Å². The van der Waals surface area contributed by atoms with Crippen LogP contribution in [0.2, 0.25) is 0 Å². The van der Waals surface area contributed by atoms with Crippen molar-refractivity contribution in [2.24, 2.45) is 0 Å². The molecule has 0 spiro atoms. The van der Waals surface area contributed by atoms with Crippen LogP contribution in [0.1, 0.15) is 5.69 Å². The Labute approximate surface area is 166 Å². The fourth-order valence-corrected chi connectivity index (χ4v) is 3.85. The van der Waals surface area contributed by atoms with Gasteiger partial charge in [-0.05, 0) is 30.5 Å². The second-order valence-electron chi connectivity index (χ2n) is 7.24. The molecule has 0 amide bonds. The number of benzene rings is 1. The maximum Gasteiger partial charge on any atom is 0.173 e. The molecule has 0 saturated carbocycles. The highest BCUT2D eigenvalue weighted by atomic mass is 19.1. The van der Waals surface area contributed by atoms with Gasteiger partial charge in [0.25, 0.3) is 0 Å². The topological polar surface area (TPSA) is 57.5 Å². The Morgan fingerprint density at radius 2 is 1.83 bits per heavy atom. The number of hydrogen-bond donors (Lipinski definition) is 2. The van der Waals surface area contributed by atoms with E-state index in [0.29, 0.717) is 22.6 Å². The Kier molecular flexibility index (Phi) is 4.28. The quantitative estimate of drug-likeness (QED) is 0.556. The minimum atomic E-state index is -0.436. The summed E-state index contributed by atoms with van der Waals surface area (Å²) in [4.78, 5) is 10.7. The highest BCUT2D eigenvalue weighted by Crippen LogP contribution is 2.31. The molecule has 6 nitrogen and oxygen atoms in total. The lowest BCUT2D eigenvalue weighted by Gasteiger charge is -2.29. The standard InChI is InChI=1S/C21H20F2N6/c1-13-11-29-12-16(10-18(23)20(29)26-13)27-15-8-14-2-3-25-21(19(14)17(22)9-15)28-6-4-24-5-7-28/h2-3,8-12,24,27H,4-7H2,1H3. The second-order valence-corrected chi connectivity index (χ2v) is 7.24. The van der Waals surface area contributed by atoms with Crippen molar-refractivity contribution in [2.45, 2.75) is 6.92 Å². The number of pyridine rings is 2. The molecule has 0 unspecified atom stereocenters. The van der Waals surface area contributed by atoms with Crippen LogP contribution in [0.15, 0.2) is 42.9 Å². The number of rotatable bonds is 3. The molecule has 1 saturated heterocycles. The number of aromatic nitrogens is 3. The molecule has 4 heterocycles. The zero-order valence-electron chi connectivity index (χ0n) is 15.9. The Hall–Kier alpha value is -3.26. The fraction of sp³-hybridized carbons (Fsp3) is 0.238. The van der Waals surface area contributed by atoms with Gasteiger partial charge >= 0.3 is 0 Å².